The molecule has 0 N–H and O–H groups in total. The second-order valence-corrected chi connectivity index (χ2v) is 12.2. The van der Waals surface area contributed by atoms with E-state index in [1.165, 1.54) is 0 Å². The van der Waals surface area contributed by atoms with Crippen molar-refractivity contribution in [2.24, 2.45) is 7.05 Å². The van der Waals surface area contributed by atoms with Crippen molar-refractivity contribution < 1.29 is 47.7 Å². The van der Waals surface area contributed by atoms with Crippen LogP contribution in [0.2, 0.25) is 0 Å². The molecule has 0 amide bonds. The summed E-state index contributed by atoms with van der Waals surface area (Å²) in [4.78, 5) is 0. The maximum atomic E-state index is 11.5. The first-order chi connectivity index (χ1) is 10.0. The van der Waals surface area contributed by atoms with E-state index in [-0.39, 0.29) is 0 Å². The molecule has 1 aromatic rings. The van der Waals surface area contributed by atoms with Gasteiger partial charge in [-0.15, -0.1) is 0 Å². The molecule has 0 aromatic carbocycles. The minimum Gasteiger partial charge on any atom is -0.240 e. The molecule has 0 unspecified atom stereocenters. The number of hydrogen-bond donors (Lipinski definition) is 0. The Morgan fingerprint density at radius 3 is 1.57 bits per heavy atom. The van der Waals surface area contributed by atoms with E-state index in [9.17, 15) is 43.2 Å². The molecule has 0 aliphatic rings. The van der Waals surface area contributed by atoms with Gasteiger partial charge in [-0.2, -0.15) is 26.3 Å². The number of halogens is 6. The van der Waals surface area contributed by atoms with Crippen LogP contribution in [0.1, 0.15) is 6.92 Å². The van der Waals surface area contributed by atoms with Crippen molar-refractivity contribution in [1.29, 1.82) is 0 Å². The van der Waals surface area contributed by atoms with Gasteiger partial charge in [-0.25, -0.2) is 26.0 Å². The molecule has 0 aliphatic heterocycles. The van der Waals surface area contributed by atoms with Gasteiger partial charge in [0.2, 0.25) is 6.33 Å². The van der Waals surface area contributed by atoms with Crippen molar-refractivity contribution in [3.63, 3.8) is 0 Å². The summed E-state index contributed by atoms with van der Waals surface area (Å²) in [5.74, 6) is 0. The van der Waals surface area contributed by atoms with Crippen molar-refractivity contribution in [3.8, 4) is 0 Å². The average molecular weight is 409 g/mol. The number of aryl methyl sites for hydroxylation is 2. The van der Waals surface area contributed by atoms with Crippen LogP contribution in [0.4, 0.5) is 26.3 Å². The summed E-state index contributed by atoms with van der Waals surface area (Å²) < 4.78 is 114. The topological polar surface area (TPSA) is 77.1 Å². The molecule has 0 saturated carbocycles. The van der Waals surface area contributed by atoms with Gasteiger partial charge in [0.15, 0.2) is 0 Å². The van der Waals surface area contributed by atoms with Crippen molar-refractivity contribution >= 4 is 25.9 Å². The van der Waals surface area contributed by atoms with Crippen LogP contribution in [0.5, 0.6) is 0 Å². The van der Waals surface area contributed by atoms with Crippen molar-refractivity contribution in [3.05, 3.63) is 18.7 Å². The third kappa shape index (κ3) is 6.63. The predicted octanol–water partition coefficient (Wildman–Crippen LogP) is 1.70. The van der Waals surface area contributed by atoms with Crippen molar-refractivity contribution in [1.82, 2.24) is 4.57 Å². The minimum absolute atomic E-state index is 1.06. The van der Waals surface area contributed by atoms with E-state index in [0.29, 0.717) is 0 Å². The highest BCUT2D eigenvalue weighted by atomic mass is 33.1. The zero-order valence-corrected chi connectivity index (χ0v) is 14.2. The second-order valence-electron chi connectivity index (χ2n) is 3.89. The first-order valence-corrected chi connectivity index (χ1v) is 10.9. The van der Waals surface area contributed by atoms with Gasteiger partial charge < -0.3 is 0 Å². The fourth-order valence-corrected chi connectivity index (χ4v) is 7.14. The van der Waals surface area contributed by atoms with E-state index in [0.717, 1.165) is 6.54 Å². The normalized spacial score (nSPS) is 13.4. The lowest BCUT2D eigenvalue weighted by atomic mass is 10.7. The molecule has 1 rings (SSSR count). The van der Waals surface area contributed by atoms with Crippen LogP contribution >= 0.6 is 6.98 Å². The Balaban J connectivity index is 0.000000502. The summed E-state index contributed by atoms with van der Waals surface area (Å²) in [6, 6.07) is 0. The molecule has 0 bridgehead atoms. The van der Waals surface area contributed by atoms with E-state index in [1.807, 2.05) is 17.8 Å². The van der Waals surface area contributed by atoms with E-state index in [2.05, 4.69) is 24.0 Å². The Bertz CT molecular complexity index is 680. The third-order valence-corrected chi connectivity index (χ3v) is 10.3. The maximum absolute atomic E-state index is 11.5. The number of imidazole rings is 1. The van der Waals surface area contributed by atoms with E-state index in [1.54, 1.807) is 0 Å². The Morgan fingerprint density at radius 1 is 1.00 bits per heavy atom. The lowest BCUT2D eigenvalue weighted by Crippen LogP contribution is -2.25. The molecule has 15 heteroatoms. The smallest absolute Gasteiger partial charge is 0.240 e. The molecule has 1 aromatic heterocycles. The van der Waals surface area contributed by atoms with Gasteiger partial charge in [-0.1, -0.05) is 0 Å². The third-order valence-electron chi connectivity index (χ3n) is 2.02. The van der Waals surface area contributed by atoms with Crippen LogP contribution in [-0.2, 0) is 32.5 Å². The molecule has 0 saturated heterocycles. The maximum Gasteiger partial charge on any atom is 0.501 e. The molecular weight excluding hydrogens is 397 g/mol. The Labute approximate surface area is 129 Å². The Hall–Kier alpha value is -0.880. The number of hydrogen-bond acceptors (Lipinski definition) is 4. The molecule has 0 radical (unpaired) electrons. The predicted molar refractivity (Wildman–Crippen MR) is 69.5 cm³/mol. The monoisotopic (exact) mass is 409 g/mol. The fourth-order valence-electron chi connectivity index (χ4n) is 0.928. The summed E-state index contributed by atoms with van der Waals surface area (Å²) in [6.07, 6.45) is 6.14. The quantitative estimate of drug-likeness (QED) is 0.433. The van der Waals surface area contributed by atoms with Crippen LogP contribution in [0.15, 0.2) is 18.7 Å². The lowest BCUT2D eigenvalue weighted by molar-refractivity contribution is -0.671. The molecule has 136 valence electrons. The SMILES string of the molecule is CCn1cc[n+](C)c1.O=S(=O)(PS(=O)(=O)C(F)(F)F)C(F)(F)F. The number of alkyl halides is 6. The van der Waals surface area contributed by atoms with Crippen LogP contribution in [0.25, 0.3) is 0 Å². The van der Waals surface area contributed by atoms with Crippen molar-refractivity contribution in [2.75, 3.05) is 0 Å². The summed E-state index contributed by atoms with van der Waals surface area (Å²) >= 11 is 0. The molecule has 1 heterocycles. The van der Waals surface area contributed by atoms with Crippen LogP contribution < -0.4 is 4.57 Å². The highest BCUT2D eigenvalue weighted by Crippen LogP contribution is 2.46. The second kappa shape index (κ2) is 7.34. The summed E-state index contributed by atoms with van der Waals surface area (Å²) in [6.45, 7) is -0.136. The molecule has 0 fully saturated rings. The minimum atomic E-state index is -6.32. The number of nitrogens with zero attached hydrogens (tertiary/aromatic N) is 2. The Morgan fingerprint density at radius 2 is 1.39 bits per heavy atom. The van der Waals surface area contributed by atoms with E-state index in [4.69, 9.17) is 0 Å². The van der Waals surface area contributed by atoms with Crippen LogP contribution in [0.3, 0.4) is 0 Å². The molecule has 0 atom stereocenters. The number of aromatic nitrogens is 2. The van der Waals surface area contributed by atoms with E-state index >= 15 is 0 Å². The van der Waals surface area contributed by atoms with E-state index < -0.39 is 36.9 Å². The van der Waals surface area contributed by atoms with Gasteiger partial charge in [0.1, 0.15) is 19.4 Å². The molecule has 6 nitrogen and oxygen atoms in total. The lowest BCUT2D eigenvalue weighted by Gasteiger charge is -2.10. The standard InChI is InChI=1S/C6H11N2.C2HF6O4PS2/c1-3-8-5-4-7(2)6-8;3-1(4,5)14(9,10)13-15(11,12)2(6,7)8/h4-6H,3H2,1-2H3;13H/q+1;. The fraction of sp³-hybridized carbons (Fsp3) is 0.625. The summed E-state index contributed by atoms with van der Waals surface area (Å²) in [5.41, 5.74) is -12.0. The average Bonchev–Trinajstić information content (AvgIpc) is 2.71. The molecule has 23 heavy (non-hydrogen) atoms. The zero-order chi connectivity index (χ0) is 18.7. The van der Waals surface area contributed by atoms with Crippen LogP contribution in [-0.4, -0.2) is 32.4 Å². The summed E-state index contributed by atoms with van der Waals surface area (Å²) in [7, 11) is -10.6. The van der Waals surface area contributed by atoms with Gasteiger partial charge >= 0.3 is 11.0 Å². The first-order valence-electron chi connectivity index (χ1n) is 5.45. The van der Waals surface area contributed by atoms with Gasteiger partial charge in [0.25, 0.3) is 18.9 Å². The number of rotatable bonds is 3. The van der Waals surface area contributed by atoms with Gasteiger partial charge in [0.05, 0.1) is 13.6 Å². The molecular formula is C8H12F6N2O4PS2+. The highest BCUT2D eigenvalue weighted by molar-refractivity contribution is 8.76. The van der Waals surface area contributed by atoms with Gasteiger partial charge in [-0.05, 0) is 6.92 Å². The molecule has 0 spiro atoms. The zero-order valence-electron chi connectivity index (χ0n) is 11.6. The molecule has 0 aliphatic carbocycles. The first kappa shape index (κ1) is 22.1. The highest BCUT2D eigenvalue weighted by Gasteiger charge is 2.55. The largest absolute Gasteiger partial charge is 0.501 e. The summed E-state index contributed by atoms with van der Waals surface area (Å²) in [5, 5.41) is 0. The van der Waals surface area contributed by atoms with Crippen molar-refractivity contribution in [2.45, 2.75) is 24.5 Å². The van der Waals surface area contributed by atoms with Crippen LogP contribution in [0, 0.1) is 0 Å². The van der Waals surface area contributed by atoms with Gasteiger partial charge in [-0.3, -0.25) is 0 Å². The Kier molecular flexibility index (Phi) is 7.06. The van der Waals surface area contributed by atoms with Gasteiger partial charge in [0, 0.05) is 0 Å².